The van der Waals surface area contributed by atoms with E-state index in [2.05, 4.69) is 13.8 Å². The van der Waals surface area contributed by atoms with Crippen molar-refractivity contribution in [3.05, 3.63) is 10.5 Å². The largest absolute Gasteiger partial charge is 0.298 e. The van der Waals surface area contributed by atoms with E-state index in [1.54, 1.807) is 11.8 Å². The van der Waals surface area contributed by atoms with Crippen LogP contribution in [-0.2, 0) is 0 Å². The summed E-state index contributed by atoms with van der Waals surface area (Å²) in [5.41, 5.74) is 1.50. The van der Waals surface area contributed by atoms with Gasteiger partial charge in [0, 0.05) is 0 Å². The van der Waals surface area contributed by atoms with Crippen molar-refractivity contribution >= 4 is 16.8 Å². The Morgan fingerprint density at radius 1 is 1.20 bits per heavy atom. The lowest BCUT2D eigenvalue weighted by Gasteiger charge is -2.25. The minimum absolute atomic E-state index is 0.739. The maximum atomic E-state index is 7.64. The first-order chi connectivity index (χ1) is 7.15. The van der Waals surface area contributed by atoms with Gasteiger partial charge in [0.1, 0.15) is 0 Å². The summed E-state index contributed by atoms with van der Waals surface area (Å²) in [6.07, 6.45) is 7.97. The second-order valence-corrected chi connectivity index (χ2v) is 5.75. The summed E-state index contributed by atoms with van der Waals surface area (Å²) in [6.45, 7) is 6.36. The first-order valence-corrected chi connectivity index (χ1v) is 6.89. The molecule has 86 valence electrons. The summed E-state index contributed by atoms with van der Waals surface area (Å²) in [6, 6.07) is 0. The van der Waals surface area contributed by atoms with Crippen molar-refractivity contribution in [3.8, 4) is 0 Å². The van der Waals surface area contributed by atoms with Crippen LogP contribution >= 0.6 is 11.8 Å². The van der Waals surface area contributed by atoms with Gasteiger partial charge in [-0.2, -0.15) is 0 Å². The Hall–Kier alpha value is -0.240. The van der Waals surface area contributed by atoms with Crippen LogP contribution in [0.3, 0.4) is 0 Å². The minimum Gasteiger partial charge on any atom is -0.298 e. The predicted molar refractivity (Wildman–Crippen MR) is 70.6 cm³/mol. The summed E-state index contributed by atoms with van der Waals surface area (Å²) in [4.78, 5) is 1.50. The van der Waals surface area contributed by atoms with Crippen LogP contribution in [0.2, 0.25) is 0 Å². The van der Waals surface area contributed by atoms with Gasteiger partial charge in [-0.25, -0.2) is 0 Å². The van der Waals surface area contributed by atoms with Crippen LogP contribution in [0, 0.1) is 11.3 Å². The highest BCUT2D eigenvalue weighted by molar-refractivity contribution is 8.17. The second kappa shape index (κ2) is 6.37. The van der Waals surface area contributed by atoms with Crippen LogP contribution in [-0.4, -0.2) is 5.04 Å². The fourth-order valence-electron chi connectivity index (χ4n) is 2.22. The first-order valence-electron chi connectivity index (χ1n) is 6.07. The lowest BCUT2D eigenvalue weighted by molar-refractivity contribution is 0.413. The van der Waals surface area contributed by atoms with Crippen molar-refractivity contribution in [2.45, 2.75) is 59.3 Å². The standard InChI is InChI=1S/C13H23NS/c1-4-10(2)13(15-11(3)14)12-8-6-5-7-9-12/h12,14H,4-9H2,1-3H3. The Morgan fingerprint density at radius 3 is 2.27 bits per heavy atom. The van der Waals surface area contributed by atoms with Crippen molar-refractivity contribution < 1.29 is 0 Å². The summed E-state index contributed by atoms with van der Waals surface area (Å²) < 4.78 is 0. The number of hydrogen-bond donors (Lipinski definition) is 1. The number of hydrogen-bond acceptors (Lipinski definition) is 2. The van der Waals surface area contributed by atoms with E-state index in [9.17, 15) is 0 Å². The molecule has 0 aromatic rings. The lowest BCUT2D eigenvalue weighted by atomic mass is 9.87. The number of allylic oxidation sites excluding steroid dienone is 2. The number of nitrogens with one attached hydrogen (secondary N) is 1. The molecule has 0 bridgehead atoms. The fourth-order valence-corrected chi connectivity index (χ4v) is 3.27. The summed E-state index contributed by atoms with van der Waals surface area (Å²) >= 11 is 1.70. The van der Waals surface area contributed by atoms with Crippen molar-refractivity contribution in [2.75, 3.05) is 0 Å². The zero-order valence-corrected chi connectivity index (χ0v) is 11.0. The van der Waals surface area contributed by atoms with E-state index < -0.39 is 0 Å². The molecule has 1 fully saturated rings. The van der Waals surface area contributed by atoms with Gasteiger partial charge >= 0.3 is 0 Å². The van der Waals surface area contributed by atoms with Crippen molar-refractivity contribution in [3.63, 3.8) is 0 Å². The fraction of sp³-hybridized carbons (Fsp3) is 0.769. The van der Waals surface area contributed by atoms with E-state index in [1.165, 1.54) is 42.6 Å². The summed E-state index contributed by atoms with van der Waals surface area (Å²) in [7, 11) is 0. The summed E-state index contributed by atoms with van der Waals surface area (Å²) in [5.74, 6) is 0.754. The van der Waals surface area contributed by atoms with Gasteiger partial charge in [0.15, 0.2) is 0 Å². The monoisotopic (exact) mass is 225 g/mol. The van der Waals surface area contributed by atoms with Gasteiger partial charge in [-0.05, 0) is 43.9 Å². The van der Waals surface area contributed by atoms with Crippen LogP contribution < -0.4 is 0 Å². The third-order valence-electron chi connectivity index (χ3n) is 3.19. The summed E-state index contributed by atoms with van der Waals surface area (Å²) in [5, 5.41) is 8.38. The van der Waals surface area contributed by atoms with Crippen LogP contribution in [0.25, 0.3) is 0 Å². The molecule has 0 saturated heterocycles. The van der Waals surface area contributed by atoms with Gasteiger partial charge in [-0.15, -0.1) is 0 Å². The molecular formula is C13H23NS. The third-order valence-corrected chi connectivity index (χ3v) is 4.40. The van der Waals surface area contributed by atoms with Crippen molar-refractivity contribution in [1.29, 1.82) is 5.41 Å². The van der Waals surface area contributed by atoms with Crippen LogP contribution in [0.5, 0.6) is 0 Å². The lowest BCUT2D eigenvalue weighted by Crippen LogP contribution is -2.09. The highest BCUT2D eigenvalue weighted by Gasteiger charge is 2.20. The second-order valence-electron chi connectivity index (χ2n) is 4.49. The van der Waals surface area contributed by atoms with Crippen LogP contribution in [0.4, 0.5) is 0 Å². The minimum atomic E-state index is 0.739. The quantitative estimate of drug-likeness (QED) is 0.531. The molecule has 1 aliphatic carbocycles. The average molecular weight is 225 g/mol. The van der Waals surface area contributed by atoms with Crippen LogP contribution in [0.15, 0.2) is 10.5 Å². The van der Waals surface area contributed by atoms with Gasteiger partial charge in [-0.3, -0.25) is 5.41 Å². The highest BCUT2D eigenvalue weighted by Crippen LogP contribution is 2.38. The molecule has 1 nitrogen and oxygen atoms in total. The molecule has 1 N–H and O–H groups in total. The molecule has 1 rings (SSSR count). The van der Waals surface area contributed by atoms with Crippen LogP contribution in [0.1, 0.15) is 59.3 Å². The predicted octanol–water partition coefficient (Wildman–Crippen LogP) is 4.98. The molecule has 2 heteroatoms. The van der Waals surface area contributed by atoms with Gasteiger partial charge < -0.3 is 0 Å². The molecule has 1 aliphatic rings. The van der Waals surface area contributed by atoms with E-state index in [4.69, 9.17) is 5.41 Å². The Labute approximate surface area is 98.2 Å². The molecule has 0 spiro atoms. The molecule has 0 aliphatic heterocycles. The SMILES string of the molecule is CCC(C)=C(SC(C)=N)C1CCCCC1. The molecule has 15 heavy (non-hydrogen) atoms. The molecule has 0 unspecified atom stereocenters. The Morgan fingerprint density at radius 2 is 1.80 bits per heavy atom. The molecule has 0 atom stereocenters. The molecule has 0 amide bonds. The zero-order chi connectivity index (χ0) is 11.3. The van der Waals surface area contributed by atoms with E-state index in [1.807, 2.05) is 6.92 Å². The molecule has 1 saturated carbocycles. The topological polar surface area (TPSA) is 23.9 Å². The number of thioether (sulfide) groups is 1. The average Bonchev–Trinajstić information content (AvgIpc) is 2.26. The Bertz CT molecular complexity index is 249. The molecule has 0 aromatic carbocycles. The zero-order valence-electron chi connectivity index (χ0n) is 10.2. The van der Waals surface area contributed by atoms with E-state index in [0.29, 0.717) is 0 Å². The first kappa shape index (κ1) is 12.8. The third kappa shape index (κ3) is 4.02. The highest BCUT2D eigenvalue weighted by atomic mass is 32.2. The van der Waals surface area contributed by atoms with Gasteiger partial charge in [0.2, 0.25) is 0 Å². The number of rotatable bonds is 3. The van der Waals surface area contributed by atoms with Gasteiger partial charge in [0.25, 0.3) is 0 Å². The molecular weight excluding hydrogens is 202 g/mol. The van der Waals surface area contributed by atoms with E-state index in [-0.39, 0.29) is 0 Å². The van der Waals surface area contributed by atoms with Gasteiger partial charge in [-0.1, -0.05) is 43.5 Å². The maximum Gasteiger partial charge on any atom is 0.0655 e. The van der Waals surface area contributed by atoms with Crippen molar-refractivity contribution in [2.24, 2.45) is 5.92 Å². The van der Waals surface area contributed by atoms with Gasteiger partial charge in [0.05, 0.1) is 5.04 Å². The maximum absolute atomic E-state index is 7.64. The normalized spacial score (nSPS) is 19.9. The Kier molecular flexibility index (Phi) is 5.44. The smallest absolute Gasteiger partial charge is 0.0655 e. The van der Waals surface area contributed by atoms with E-state index >= 15 is 0 Å². The van der Waals surface area contributed by atoms with E-state index in [0.717, 1.165) is 17.4 Å². The Balaban J connectivity index is 2.74. The molecule has 0 radical (unpaired) electrons. The van der Waals surface area contributed by atoms with Crippen molar-refractivity contribution in [1.82, 2.24) is 0 Å². The molecule has 0 heterocycles. The molecule has 0 aromatic heterocycles.